The Kier molecular flexibility index (Phi) is 5.72. The molecule has 6 nitrogen and oxygen atoms in total. The first-order valence-electron chi connectivity index (χ1n) is 9.20. The van der Waals surface area contributed by atoms with E-state index in [-0.39, 0.29) is 5.91 Å². The molecule has 0 radical (unpaired) electrons. The van der Waals surface area contributed by atoms with Crippen LogP contribution in [0.5, 0.6) is 11.5 Å². The Morgan fingerprint density at radius 1 is 0.967 bits per heavy atom. The van der Waals surface area contributed by atoms with Gasteiger partial charge in [-0.3, -0.25) is 4.79 Å². The highest BCUT2D eigenvalue weighted by Crippen LogP contribution is 2.32. The summed E-state index contributed by atoms with van der Waals surface area (Å²) in [5.41, 5.74) is 2.15. The second kappa shape index (κ2) is 8.75. The lowest BCUT2D eigenvalue weighted by Gasteiger charge is -2.13. The summed E-state index contributed by atoms with van der Waals surface area (Å²) in [6, 6.07) is 22.1. The second-order valence-corrected chi connectivity index (χ2v) is 7.34. The van der Waals surface area contributed by atoms with Crippen LogP contribution in [0.3, 0.4) is 0 Å². The fraction of sp³-hybridized carbons (Fsp3) is 0.0870. The van der Waals surface area contributed by atoms with Crippen LogP contribution in [0.25, 0.3) is 10.2 Å². The summed E-state index contributed by atoms with van der Waals surface area (Å²) in [5, 5.41) is 6.28. The van der Waals surface area contributed by atoms with E-state index in [0.717, 1.165) is 27.3 Å². The number of carbonyl (C=O) groups excluding carboxylic acids is 1. The van der Waals surface area contributed by atoms with Crippen LogP contribution in [-0.2, 0) is 0 Å². The largest absolute Gasteiger partial charge is 0.497 e. The zero-order valence-corrected chi connectivity index (χ0v) is 17.3. The van der Waals surface area contributed by atoms with Gasteiger partial charge in [-0.05, 0) is 60.2 Å². The first-order valence-corrected chi connectivity index (χ1v) is 10.0. The van der Waals surface area contributed by atoms with Crippen molar-refractivity contribution in [3.05, 3.63) is 83.9 Å². The molecule has 1 aromatic heterocycles. The van der Waals surface area contributed by atoms with Gasteiger partial charge in [0.25, 0.3) is 5.91 Å². The zero-order chi connectivity index (χ0) is 20.9. The number of fused-ring (bicyclic) bond motifs is 1. The maximum atomic E-state index is 13.2. The fourth-order valence-electron chi connectivity index (χ4n) is 2.82. The Labute approximate surface area is 178 Å². The molecule has 0 fully saturated rings. The van der Waals surface area contributed by atoms with E-state index in [4.69, 9.17) is 9.47 Å². The minimum atomic E-state index is -0.258. The summed E-state index contributed by atoms with van der Waals surface area (Å²) in [6.45, 7) is 0. The molecule has 150 valence electrons. The summed E-state index contributed by atoms with van der Waals surface area (Å²) in [7, 11) is 3.24. The van der Waals surface area contributed by atoms with Crippen molar-refractivity contribution in [2.45, 2.75) is 0 Å². The third kappa shape index (κ3) is 4.16. The Bertz CT molecular complexity index is 1190. The van der Waals surface area contributed by atoms with E-state index in [1.165, 1.54) is 16.3 Å². The van der Waals surface area contributed by atoms with Crippen molar-refractivity contribution in [2.24, 2.45) is 5.10 Å². The fourth-order valence-corrected chi connectivity index (χ4v) is 3.77. The van der Waals surface area contributed by atoms with E-state index in [9.17, 15) is 4.79 Å². The molecule has 0 N–H and O–H groups in total. The van der Waals surface area contributed by atoms with Gasteiger partial charge in [-0.25, -0.2) is 4.98 Å². The summed E-state index contributed by atoms with van der Waals surface area (Å²) in [5.74, 6) is 1.23. The molecular formula is C23H19N3O3S. The van der Waals surface area contributed by atoms with E-state index >= 15 is 0 Å². The molecule has 4 aromatic rings. The van der Waals surface area contributed by atoms with Gasteiger partial charge in [0, 0.05) is 5.56 Å². The van der Waals surface area contributed by atoms with Gasteiger partial charge in [-0.2, -0.15) is 10.1 Å². The molecule has 7 heteroatoms. The molecule has 1 amide bonds. The van der Waals surface area contributed by atoms with Gasteiger partial charge >= 0.3 is 0 Å². The van der Waals surface area contributed by atoms with E-state index in [1.807, 2.05) is 60.7 Å². The van der Waals surface area contributed by atoms with Crippen LogP contribution >= 0.6 is 11.3 Å². The van der Waals surface area contributed by atoms with Crippen molar-refractivity contribution in [3.63, 3.8) is 0 Å². The van der Waals surface area contributed by atoms with Crippen molar-refractivity contribution in [1.82, 2.24) is 4.98 Å². The molecule has 4 rings (SSSR count). The zero-order valence-electron chi connectivity index (χ0n) is 16.5. The monoisotopic (exact) mass is 417 g/mol. The van der Waals surface area contributed by atoms with Crippen molar-refractivity contribution < 1.29 is 14.3 Å². The number of aromatic nitrogens is 1. The number of hydrazone groups is 1. The lowest BCUT2D eigenvalue weighted by molar-refractivity contribution is 0.0988. The Morgan fingerprint density at radius 2 is 1.67 bits per heavy atom. The molecule has 0 bridgehead atoms. The minimum absolute atomic E-state index is 0.258. The van der Waals surface area contributed by atoms with E-state index in [0.29, 0.717) is 10.7 Å². The summed E-state index contributed by atoms with van der Waals surface area (Å²) in [6.07, 6.45) is 1.63. The Morgan fingerprint density at radius 3 is 2.37 bits per heavy atom. The minimum Gasteiger partial charge on any atom is -0.497 e. The number of hydrogen-bond acceptors (Lipinski definition) is 6. The molecule has 0 aliphatic carbocycles. The van der Waals surface area contributed by atoms with Crippen LogP contribution in [0.15, 0.2) is 77.9 Å². The number of rotatable bonds is 6. The third-order valence-electron chi connectivity index (χ3n) is 4.42. The molecular weight excluding hydrogens is 398 g/mol. The first kappa shape index (κ1) is 19.6. The molecule has 0 saturated carbocycles. The van der Waals surface area contributed by atoms with E-state index < -0.39 is 0 Å². The maximum absolute atomic E-state index is 13.2. The quantitative estimate of drug-likeness (QED) is 0.327. The number of anilines is 1. The van der Waals surface area contributed by atoms with Crippen LogP contribution in [0.1, 0.15) is 15.9 Å². The van der Waals surface area contributed by atoms with Gasteiger partial charge < -0.3 is 9.47 Å². The predicted molar refractivity (Wildman–Crippen MR) is 120 cm³/mol. The predicted octanol–water partition coefficient (Wildman–Crippen LogP) is 4.99. The Balaban J connectivity index is 1.73. The highest BCUT2D eigenvalue weighted by Gasteiger charge is 2.21. The van der Waals surface area contributed by atoms with Crippen molar-refractivity contribution in [1.29, 1.82) is 0 Å². The van der Waals surface area contributed by atoms with Crippen LogP contribution in [0.4, 0.5) is 5.13 Å². The number of hydrogen-bond donors (Lipinski definition) is 0. The first-order chi connectivity index (χ1) is 14.7. The van der Waals surface area contributed by atoms with Gasteiger partial charge in [0.1, 0.15) is 11.5 Å². The van der Waals surface area contributed by atoms with Crippen molar-refractivity contribution in [3.8, 4) is 11.5 Å². The van der Waals surface area contributed by atoms with Crippen molar-refractivity contribution in [2.75, 3.05) is 19.2 Å². The number of ether oxygens (including phenoxy) is 2. The number of thiazole rings is 1. The number of nitrogens with zero attached hydrogens (tertiary/aromatic N) is 3. The number of amides is 1. The highest BCUT2D eigenvalue weighted by atomic mass is 32.1. The van der Waals surface area contributed by atoms with Crippen LogP contribution in [0, 0.1) is 0 Å². The molecule has 0 aliphatic rings. The molecule has 0 saturated heterocycles. The van der Waals surface area contributed by atoms with E-state index in [1.54, 1.807) is 32.6 Å². The molecule has 0 spiro atoms. The molecule has 0 unspecified atom stereocenters. The second-order valence-electron chi connectivity index (χ2n) is 6.33. The van der Waals surface area contributed by atoms with Crippen LogP contribution in [-0.4, -0.2) is 31.3 Å². The molecule has 30 heavy (non-hydrogen) atoms. The van der Waals surface area contributed by atoms with Crippen molar-refractivity contribution >= 4 is 38.8 Å². The van der Waals surface area contributed by atoms with Gasteiger partial charge in [-0.15, -0.1) is 0 Å². The SMILES string of the molecule is COc1ccc(/C=N/N(C(=O)c2ccccc2)c2nc3ccc(OC)cc3s2)cc1. The normalized spacial score (nSPS) is 11.0. The third-order valence-corrected chi connectivity index (χ3v) is 5.41. The summed E-state index contributed by atoms with van der Waals surface area (Å²) >= 11 is 1.38. The van der Waals surface area contributed by atoms with E-state index in [2.05, 4.69) is 10.1 Å². The Hall–Kier alpha value is -3.71. The average molecular weight is 417 g/mol. The highest BCUT2D eigenvalue weighted by molar-refractivity contribution is 7.22. The van der Waals surface area contributed by atoms with Crippen LogP contribution in [0.2, 0.25) is 0 Å². The molecule has 3 aromatic carbocycles. The smallest absolute Gasteiger partial charge is 0.280 e. The number of carbonyl (C=O) groups is 1. The molecule has 0 atom stereocenters. The number of methoxy groups -OCH3 is 2. The lowest BCUT2D eigenvalue weighted by atomic mass is 10.2. The van der Waals surface area contributed by atoms with Gasteiger partial charge in [0.2, 0.25) is 5.13 Å². The summed E-state index contributed by atoms with van der Waals surface area (Å²) in [4.78, 5) is 17.8. The lowest BCUT2D eigenvalue weighted by Crippen LogP contribution is -2.25. The van der Waals surface area contributed by atoms with Gasteiger partial charge in [-0.1, -0.05) is 29.5 Å². The standard InChI is InChI=1S/C23H19N3O3S/c1-28-18-10-8-16(9-11-18)15-24-26(22(27)17-6-4-3-5-7-17)23-25-20-13-12-19(29-2)14-21(20)30-23/h3-15H,1-2H3/b24-15+. The van der Waals surface area contributed by atoms with Gasteiger partial charge in [0.05, 0.1) is 30.7 Å². The maximum Gasteiger partial charge on any atom is 0.280 e. The number of benzene rings is 3. The van der Waals surface area contributed by atoms with Crippen LogP contribution < -0.4 is 14.5 Å². The molecule has 0 aliphatic heterocycles. The summed E-state index contributed by atoms with van der Waals surface area (Å²) < 4.78 is 11.4. The van der Waals surface area contributed by atoms with Gasteiger partial charge in [0.15, 0.2) is 0 Å². The topological polar surface area (TPSA) is 64.0 Å². The molecule has 1 heterocycles. The average Bonchev–Trinajstić information content (AvgIpc) is 3.23.